The molecule has 12 rings (SSSR count). The molecule has 0 fully saturated rings. The minimum absolute atomic E-state index is 0.318. The Kier molecular flexibility index (Phi) is 7.53. The van der Waals surface area contributed by atoms with E-state index < -0.39 is 0 Å². The molecule has 0 aliphatic carbocycles. The van der Waals surface area contributed by atoms with Crippen molar-refractivity contribution in [3.05, 3.63) is 205 Å². The van der Waals surface area contributed by atoms with Gasteiger partial charge in [0, 0.05) is 32.7 Å². The number of hydrogen-bond acceptors (Lipinski definition) is 5. The van der Waals surface area contributed by atoms with E-state index in [4.69, 9.17) is 23.8 Å². The summed E-state index contributed by atoms with van der Waals surface area (Å²) in [6.07, 6.45) is 0. The summed E-state index contributed by atoms with van der Waals surface area (Å²) in [6.45, 7) is 0.318. The Morgan fingerprint density at radius 3 is 1.78 bits per heavy atom. The maximum Gasteiger partial charge on any atom is 0.165 e. The topological polar surface area (TPSA) is 63.4 Å². The Labute approximate surface area is 338 Å². The fourth-order valence-corrected chi connectivity index (χ4v) is 8.80. The van der Waals surface area contributed by atoms with Crippen LogP contribution in [0.15, 0.2) is 212 Å². The average molecular weight is 756 g/mol. The molecule has 11 aromatic rings. The molecular weight excluding hydrogens is 723 g/mol. The summed E-state index contributed by atoms with van der Waals surface area (Å²) in [5.74, 6) is 1.16. The molecule has 1 aliphatic rings. The molecule has 3 heterocycles. The Hall–Kier alpha value is -7.89. The van der Waals surface area contributed by atoms with Crippen molar-refractivity contribution in [3.63, 3.8) is 0 Å². The van der Waals surface area contributed by atoms with Crippen LogP contribution in [-0.2, 0) is 0 Å². The maximum atomic E-state index is 6.62. The molecule has 5 nitrogen and oxygen atoms in total. The van der Waals surface area contributed by atoms with Gasteiger partial charge in [0.25, 0.3) is 0 Å². The minimum Gasteiger partial charge on any atom is -0.456 e. The first-order valence-corrected chi connectivity index (χ1v) is 19.9. The van der Waals surface area contributed by atoms with E-state index in [2.05, 4.69) is 146 Å². The van der Waals surface area contributed by atoms with Crippen LogP contribution < -0.4 is 0 Å². The van der Waals surface area contributed by atoms with Gasteiger partial charge in [-0.15, -0.1) is 0 Å². The lowest BCUT2D eigenvalue weighted by Crippen LogP contribution is -2.09. The molecule has 9 aromatic carbocycles. The van der Waals surface area contributed by atoms with Gasteiger partial charge in [-0.1, -0.05) is 158 Å². The van der Waals surface area contributed by atoms with Crippen LogP contribution in [0, 0.1) is 0 Å². The Morgan fingerprint density at radius 2 is 0.932 bits per heavy atom. The van der Waals surface area contributed by atoms with Crippen molar-refractivity contribution < 1.29 is 8.83 Å². The SMILES string of the molecule is c1ccc2cc(C3=NCC(c4cccc5oc6cccc(-c7ccc(-c8cccc9ccccc89)cc7)c6c45)=NC(c4cccc5c4oc4ccccc45)=N3)ccc2c1. The van der Waals surface area contributed by atoms with Crippen molar-refractivity contribution in [3.8, 4) is 22.3 Å². The average Bonchev–Trinajstić information content (AvgIpc) is 3.80. The van der Waals surface area contributed by atoms with Gasteiger partial charge in [-0.3, -0.25) is 4.99 Å². The molecule has 276 valence electrons. The Balaban J connectivity index is 1.04. The van der Waals surface area contributed by atoms with Gasteiger partial charge in [0.05, 0.1) is 17.8 Å². The summed E-state index contributed by atoms with van der Waals surface area (Å²) >= 11 is 0. The Bertz CT molecular complexity index is 3580. The van der Waals surface area contributed by atoms with Crippen LogP contribution >= 0.6 is 0 Å². The summed E-state index contributed by atoms with van der Waals surface area (Å²) in [4.78, 5) is 15.9. The molecule has 0 bridgehead atoms. The molecular formula is C54H33N3O2. The van der Waals surface area contributed by atoms with Crippen LogP contribution in [0.5, 0.6) is 0 Å². The molecule has 0 amide bonds. The van der Waals surface area contributed by atoms with E-state index >= 15 is 0 Å². The number of amidine groups is 2. The van der Waals surface area contributed by atoms with Crippen LogP contribution in [0.2, 0.25) is 0 Å². The molecule has 2 aromatic heterocycles. The van der Waals surface area contributed by atoms with E-state index in [9.17, 15) is 0 Å². The van der Waals surface area contributed by atoms with E-state index in [0.717, 1.165) is 88.2 Å². The van der Waals surface area contributed by atoms with E-state index in [1.807, 2.05) is 42.5 Å². The minimum atomic E-state index is 0.318. The highest BCUT2D eigenvalue weighted by Gasteiger charge is 2.23. The highest BCUT2D eigenvalue weighted by atomic mass is 16.3. The van der Waals surface area contributed by atoms with Crippen LogP contribution in [0.1, 0.15) is 16.7 Å². The zero-order chi connectivity index (χ0) is 38.9. The molecule has 0 atom stereocenters. The number of rotatable bonds is 5. The van der Waals surface area contributed by atoms with Gasteiger partial charge in [0.2, 0.25) is 0 Å². The number of fused-ring (bicyclic) bond motifs is 8. The second-order valence-corrected chi connectivity index (χ2v) is 15.0. The normalized spacial score (nSPS) is 13.3. The van der Waals surface area contributed by atoms with E-state index in [-0.39, 0.29) is 0 Å². The lowest BCUT2D eigenvalue weighted by molar-refractivity contribution is 0.668. The van der Waals surface area contributed by atoms with Crippen molar-refractivity contribution in [1.29, 1.82) is 0 Å². The van der Waals surface area contributed by atoms with Gasteiger partial charge in [-0.2, -0.15) is 0 Å². The van der Waals surface area contributed by atoms with E-state index in [1.165, 1.54) is 21.9 Å². The second-order valence-electron chi connectivity index (χ2n) is 15.0. The van der Waals surface area contributed by atoms with Crippen LogP contribution in [0.4, 0.5) is 0 Å². The van der Waals surface area contributed by atoms with Gasteiger partial charge in [-0.05, 0) is 74.1 Å². The largest absolute Gasteiger partial charge is 0.456 e. The zero-order valence-electron chi connectivity index (χ0n) is 31.8. The smallest absolute Gasteiger partial charge is 0.165 e. The fourth-order valence-electron chi connectivity index (χ4n) is 8.80. The van der Waals surface area contributed by atoms with Gasteiger partial charge in [0.15, 0.2) is 11.7 Å². The van der Waals surface area contributed by atoms with Crippen molar-refractivity contribution in [2.24, 2.45) is 15.0 Å². The predicted molar refractivity (Wildman–Crippen MR) is 244 cm³/mol. The quantitative estimate of drug-likeness (QED) is 0.176. The lowest BCUT2D eigenvalue weighted by atomic mass is 9.93. The monoisotopic (exact) mass is 755 g/mol. The number of aliphatic imine (C=N–C) groups is 3. The first-order valence-electron chi connectivity index (χ1n) is 19.9. The standard InChI is InChI=1S/C54H33N3O2/c1-2-13-37-31-38(30-25-33(37)11-1)53-55-32-46(56-54(57-53)45-21-8-19-43-42-16-5-6-22-47(42)59-52(43)45)44-20-10-24-49-51(44)50-41(18-9-23-48(50)58-49)36-28-26-35(27-29-36)40-17-7-14-34-12-3-4-15-39(34)40/h1-31H,32H2. The molecule has 59 heavy (non-hydrogen) atoms. The van der Waals surface area contributed by atoms with Crippen LogP contribution in [0.3, 0.4) is 0 Å². The van der Waals surface area contributed by atoms with Gasteiger partial charge in [0.1, 0.15) is 22.3 Å². The number of hydrogen-bond donors (Lipinski definition) is 0. The highest BCUT2D eigenvalue weighted by molar-refractivity contribution is 6.28. The summed E-state index contributed by atoms with van der Waals surface area (Å²) in [7, 11) is 0. The number of benzene rings is 9. The third-order valence-electron chi connectivity index (χ3n) is 11.6. The maximum absolute atomic E-state index is 6.62. The third kappa shape index (κ3) is 5.51. The molecule has 0 saturated heterocycles. The first-order chi connectivity index (χ1) is 29.2. The van der Waals surface area contributed by atoms with Crippen LogP contribution in [0.25, 0.3) is 87.7 Å². The van der Waals surface area contributed by atoms with Crippen molar-refractivity contribution in [2.45, 2.75) is 0 Å². The first kappa shape index (κ1) is 33.3. The molecule has 0 spiro atoms. The summed E-state index contributed by atoms with van der Waals surface area (Å²) < 4.78 is 13.2. The summed E-state index contributed by atoms with van der Waals surface area (Å²) in [5, 5.41) is 8.88. The zero-order valence-corrected chi connectivity index (χ0v) is 31.8. The molecule has 0 N–H and O–H groups in total. The third-order valence-corrected chi connectivity index (χ3v) is 11.6. The van der Waals surface area contributed by atoms with Crippen molar-refractivity contribution >= 4 is 82.8 Å². The molecule has 1 aliphatic heterocycles. The van der Waals surface area contributed by atoms with Crippen molar-refractivity contribution in [2.75, 3.05) is 6.54 Å². The van der Waals surface area contributed by atoms with Gasteiger partial charge < -0.3 is 8.83 Å². The number of para-hydroxylation sites is 2. The summed E-state index contributed by atoms with van der Waals surface area (Å²) in [5.41, 5.74) is 11.3. The van der Waals surface area contributed by atoms with Gasteiger partial charge in [-0.25, -0.2) is 9.98 Å². The number of nitrogens with zero attached hydrogens (tertiary/aromatic N) is 3. The van der Waals surface area contributed by atoms with Gasteiger partial charge >= 0.3 is 0 Å². The highest BCUT2D eigenvalue weighted by Crippen LogP contribution is 2.40. The molecule has 5 heteroatoms. The predicted octanol–water partition coefficient (Wildman–Crippen LogP) is 13.8. The molecule has 0 saturated carbocycles. The van der Waals surface area contributed by atoms with Crippen LogP contribution in [-0.4, -0.2) is 23.9 Å². The summed E-state index contributed by atoms with van der Waals surface area (Å²) in [6, 6.07) is 65.5. The van der Waals surface area contributed by atoms with E-state index in [0.29, 0.717) is 18.2 Å². The molecule has 0 radical (unpaired) electrons. The number of furan rings is 2. The second kappa shape index (κ2) is 13.4. The van der Waals surface area contributed by atoms with Crippen molar-refractivity contribution in [1.82, 2.24) is 0 Å². The lowest BCUT2D eigenvalue weighted by Gasteiger charge is -2.10. The fraction of sp³-hybridized carbons (Fsp3) is 0.0185. The molecule has 0 unspecified atom stereocenters. The van der Waals surface area contributed by atoms with E-state index in [1.54, 1.807) is 0 Å². The Morgan fingerprint density at radius 1 is 0.356 bits per heavy atom.